The summed E-state index contributed by atoms with van der Waals surface area (Å²) in [7, 11) is 0. The van der Waals surface area contributed by atoms with Crippen molar-refractivity contribution < 1.29 is 24.2 Å². The van der Waals surface area contributed by atoms with Gasteiger partial charge in [0.05, 0.1) is 19.8 Å². The molecular weight excluding hydrogens is 310 g/mol. The summed E-state index contributed by atoms with van der Waals surface area (Å²) in [4.78, 5) is 23.8. The number of carbonyl (C=O) groups is 2. The molecule has 24 heavy (non-hydrogen) atoms. The zero-order valence-corrected chi connectivity index (χ0v) is 14.5. The number of nitrogens with one attached hydrogen (secondary N) is 1. The van der Waals surface area contributed by atoms with E-state index in [1.807, 2.05) is 0 Å². The number of esters is 1. The summed E-state index contributed by atoms with van der Waals surface area (Å²) in [6.07, 6.45) is 10.9. The summed E-state index contributed by atoms with van der Waals surface area (Å²) in [6.45, 7) is 0.261. The van der Waals surface area contributed by atoms with E-state index in [4.69, 9.17) is 9.47 Å². The number of aliphatic hydroxyl groups is 1. The van der Waals surface area contributed by atoms with Crippen molar-refractivity contribution >= 4 is 12.1 Å². The molecule has 1 unspecified atom stereocenters. The van der Waals surface area contributed by atoms with Crippen molar-refractivity contribution in [3.05, 3.63) is 0 Å². The Bertz CT molecular complexity index is 389. The van der Waals surface area contributed by atoms with E-state index < -0.39 is 24.7 Å². The number of hydrogen-bond donors (Lipinski definition) is 2. The van der Waals surface area contributed by atoms with Gasteiger partial charge in [-0.1, -0.05) is 38.5 Å². The molecule has 2 fully saturated rings. The molecule has 2 saturated carbocycles. The molecular formula is C18H31NO5. The summed E-state index contributed by atoms with van der Waals surface area (Å²) in [6, 6.07) is -1.05. The third kappa shape index (κ3) is 6.67. The average molecular weight is 341 g/mol. The van der Waals surface area contributed by atoms with Gasteiger partial charge in [0.1, 0.15) is 0 Å². The van der Waals surface area contributed by atoms with Gasteiger partial charge in [-0.2, -0.15) is 0 Å². The van der Waals surface area contributed by atoms with Crippen LogP contribution in [-0.4, -0.2) is 43.0 Å². The monoisotopic (exact) mass is 341 g/mol. The van der Waals surface area contributed by atoms with Gasteiger partial charge in [0.2, 0.25) is 0 Å². The first-order valence-electron chi connectivity index (χ1n) is 9.40. The molecule has 0 aromatic heterocycles. The molecule has 1 amide bonds. The van der Waals surface area contributed by atoms with Crippen molar-refractivity contribution in [3.8, 4) is 0 Å². The SMILES string of the molecule is O=C(NC(CO)C(=O)OCC1CCCCC1)OCC1CCCCC1. The third-order valence-electron chi connectivity index (χ3n) is 5.12. The molecule has 0 saturated heterocycles. The number of amides is 1. The topological polar surface area (TPSA) is 84.9 Å². The fraction of sp³-hybridized carbons (Fsp3) is 0.889. The number of ether oxygens (including phenoxy) is 2. The van der Waals surface area contributed by atoms with Crippen molar-refractivity contribution in [1.82, 2.24) is 5.32 Å². The average Bonchev–Trinajstić information content (AvgIpc) is 2.64. The Balaban J connectivity index is 1.65. The highest BCUT2D eigenvalue weighted by Crippen LogP contribution is 2.24. The van der Waals surface area contributed by atoms with Gasteiger partial charge in [-0.05, 0) is 37.5 Å². The third-order valence-corrected chi connectivity index (χ3v) is 5.12. The van der Waals surface area contributed by atoms with Crippen LogP contribution in [0.2, 0.25) is 0 Å². The van der Waals surface area contributed by atoms with Gasteiger partial charge in [-0.3, -0.25) is 0 Å². The Labute approximate surface area is 144 Å². The molecule has 6 nitrogen and oxygen atoms in total. The van der Waals surface area contributed by atoms with Gasteiger partial charge in [0, 0.05) is 0 Å². The number of carbonyl (C=O) groups excluding carboxylic acids is 2. The first-order chi connectivity index (χ1) is 11.7. The highest BCUT2D eigenvalue weighted by molar-refractivity contribution is 5.81. The fourth-order valence-electron chi connectivity index (χ4n) is 3.56. The van der Waals surface area contributed by atoms with Crippen LogP contribution in [0.3, 0.4) is 0 Å². The highest BCUT2D eigenvalue weighted by Gasteiger charge is 2.24. The summed E-state index contributed by atoms with van der Waals surface area (Å²) >= 11 is 0. The lowest BCUT2D eigenvalue weighted by Crippen LogP contribution is -2.45. The van der Waals surface area contributed by atoms with Crippen LogP contribution in [0.5, 0.6) is 0 Å². The van der Waals surface area contributed by atoms with Gasteiger partial charge in [-0.15, -0.1) is 0 Å². The van der Waals surface area contributed by atoms with Crippen LogP contribution in [0.4, 0.5) is 4.79 Å². The van der Waals surface area contributed by atoms with Crippen molar-refractivity contribution in [2.45, 2.75) is 70.3 Å². The summed E-state index contributed by atoms with van der Waals surface area (Å²) in [5.41, 5.74) is 0. The first-order valence-corrected chi connectivity index (χ1v) is 9.40. The van der Waals surface area contributed by atoms with Crippen molar-refractivity contribution in [1.29, 1.82) is 0 Å². The molecule has 0 aromatic carbocycles. The molecule has 1 atom stereocenters. The highest BCUT2D eigenvalue weighted by atomic mass is 16.6. The maximum atomic E-state index is 12.0. The molecule has 0 spiro atoms. The molecule has 0 bridgehead atoms. The molecule has 138 valence electrons. The lowest BCUT2D eigenvalue weighted by atomic mass is 9.90. The number of alkyl carbamates (subject to hydrolysis) is 1. The zero-order chi connectivity index (χ0) is 17.2. The van der Waals surface area contributed by atoms with Gasteiger partial charge in [0.15, 0.2) is 6.04 Å². The standard InChI is InChI=1S/C18H31NO5/c20-11-16(17(21)23-12-14-7-3-1-4-8-14)19-18(22)24-13-15-9-5-2-6-10-15/h14-16,20H,1-13H2,(H,19,22). The molecule has 2 rings (SSSR count). The second-order valence-corrected chi connectivity index (χ2v) is 7.12. The van der Waals surface area contributed by atoms with E-state index in [-0.39, 0.29) is 0 Å². The Hall–Kier alpha value is -1.30. The second-order valence-electron chi connectivity index (χ2n) is 7.12. The second kappa shape index (κ2) is 10.5. The van der Waals surface area contributed by atoms with Crippen LogP contribution in [0, 0.1) is 11.8 Å². The molecule has 6 heteroatoms. The van der Waals surface area contributed by atoms with E-state index in [0.717, 1.165) is 25.7 Å². The minimum absolute atomic E-state index is 0.369. The summed E-state index contributed by atoms with van der Waals surface area (Å²) in [5, 5.41) is 11.7. The minimum Gasteiger partial charge on any atom is -0.464 e. The first kappa shape index (κ1) is 19.0. The van der Waals surface area contributed by atoms with Crippen LogP contribution in [0.1, 0.15) is 64.2 Å². The normalized spacial score (nSPS) is 21.0. The lowest BCUT2D eigenvalue weighted by Gasteiger charge is -2.23. The van der Waals surface area contributed by atoms with E-state index in [2.05, 4.69) is 5.32 Å². The summed E-state index contributed by atoms with van der Waals surface area (Å²) < 4.78 is 10.5. The van der Waals surface area contributed by atoms with Crippen molar-refractivity contribution in [2.75, 3.05) is 19.8 Å². The van der Waals surface area contributed by atoms with Crippen LogP contribution in [-0.2, 0) is 14.3 Å². The molecule has 2 aliphatic rings. The van der Waals surface area contributed by atoms with E-state index in [1.54, 1.807) is 0 Å². The maximum Gasteiger partial charge on any atom is 0.407 e. The zero-order valence-electron chi connectivity index (χ0n) is 14.5. The van der Waals surface area contributed by atoms with Gasteiger partial charge in [0.25, 0.3) is 0 Å². The Morgan fingerprint density at radius 2 is 1.38 bits per heavy atom. The Kier molecular flexibility index (Phi) is 8.36. The Morgan fingerprint density at radius 3 is 1.88 bits per heavy atom. The van der Waals surface area contributed by atoms with Crippen LogP contribution < -0.4 is 5.32 Å². The van der Waals surface area contributed by atoms with Gasteiger partial charge in [-0.25, -0.2) is 9.59 Å². The smallest absolute Gasteiger partial charge is 0.407 e. The summed E-state index contributed by atoms with van der Waals surface area (Å²) in [5.74, 6) is 0.230. The quantitative estimate of drug-likeness (QED) is 0.696. The predicted molar refractivity (Wildman–Crippen MR) is 89.5 cm³/mol. The van der Waals surface area contributed by atoms with E-state index >= 15 is 0 Å². The molecule has 0 aromatic rings. The lowest BCUT2D eigenvalue weighted by molar-refractivity contribution is -0.148. The number of rotatable bonds is 7. The maximum absolute atomic E-state index is 12.0. The molecule has 2 aliphatic carbocycles. The molecule has 0 heterocycles. The van der Waals surface area contributed by atoms with E-state index in [0.29, 0.717) is 25.0 Å². The van der Waals surface area contributed by atoms with Gasteiger partial charge >= 0.3 is 12.1 Å². The molecule has 2 N–H and O–H groups in total. The van der Waals surface area contributed by atoms with Crippen molar-refractivity contribution in [2.24, 2.45) is 11.8 Å². The van der Waals surface area contributed by atoms with Crippen LogP contribution in [0.15, 0.2) is 0 Å². The number of aliphatic hydroxyl groups excluding tert-OH is 1. The van der Waals surface area contributed by atoms with Gasteiger partial charge < -0.3 is 19.9 Å². The van der Waals surface area contributed by atoms with E-state index in [9.17, 15) is 14.7 Å². The molecule has 0 radical (unpaired) electrons. The Morgan fingerprint density at radius 1 is 0.875 bits per heavy atom. The van der Waals surface area contributed by atoms with Crippen LogP contribution in [0.25, 0.3) is 0 Å². The van der Waals surface area contributed by atoms with Crippen molar-refractivity contribution in [3.63, 3.8) is 0 Å². The minimum atomic E-state index is -1.05. The number of hydrogen-bond acceptors (Lipinski definition) is 5. The largest absolute Gasteiger partial charge is 0.464 e. The fourth-order valence-corrected chi connectivity index (χ4v) is 3.56. The molecule has 0 aliphatic heterocycles. The predicted octanol–water partition coefficient (Wildman–Crippen LogP) is 2.78. The van der Waals surface area contributed by atoms with Crippen LogP contribution >= 0.6 is 0 Å². The van der Waals surface area contributed by atoms with E-state index in [1.165, 1.54) is 38.5 Å².